The first-order valence-corrected chi connectivity index (χ1v) is 14.6. The van der Waals surface area contributed by atoms with Crippen LogP contribution in [0.1, 0.15) is 142 Å². The molecule has 0 aliphatic carbocycles. The minimum Gasteiger partial charge on any atom is -0.550 e. The molecule has 2 heterocycles. The van der Waals surface area contributed by atoms with E-state index in [2.05, 4.69) is 13.8 Å². The third-order valence-electron chi connectivity index (χ3n) is 8.07. The van der Waals surface area contributed by atoms with Gasteiger partial charge in [-0.1, -0.05) is 71.6 Å². The van der Waals surface area contributed by atoms with Crippen LogP contribution in [-0.4, -0.2) is 36.4 Å². The normalized spacial score (nSPS) is 24.7. The molecule has 0 spiro atoms. The molecule has 4 atom stereocenters. The summed E-state index contributed by atoms with van der Waals surface area (Å²) < 4.78 is 11.6. The second-order valence-electron chi connectivity index (χ2n) is 11.1. The molecule has 2 saturated heterocycles. The molecule has 0 N–H and O–H groups in total. The van der Waals surface area contributed by atoms with Crippen molar-refractivity contribution < 1.29 is 29.3 Å². The van der Waals surface area contributed by atoms with Crippen molar-refractivity contribution in [3.63, 3.8) is 0 Å². The summed E-state index contributed by atoms with van der Waals surface area (Å²) >= 11 is 0. The lowest BCUT2D eigenvalue weighted by Gasteiger charge is -2.35. The van der Waals surface area contributed by atoms with E-state index in [1.165, 1.54) is 38.5 Å². The molecule has 0 aromatic rings. The summed E-state index contributed by atoms with van der Waals surface area (Å²) in [5.41, 5.74) is -0.798. The van der Waals surface area contributed by atoms with Gasteiger partial charge >= 0.3 is 0 Å². The summed E-state index contributed by atoms with van der Waals surface area (Å²) in [4.78, 5) is 23.0. The fourth-order valence-corrected chi connectivity index (χ4v) is 5.62. The molecule has 0 aromatic heterocycles. The quantitative estimate of drug-likeness (QED) is 0.140. The zero-order chi connectivity index (χ0) is 25.5. The lowest BCUT2D eigenvalue weighted by atomic mass is 9.74. The molecule has 0 saturated carbocycles. The molecule has 0 aromatic carbocycles. The number of carboxylic acid groups (broad SMARTS) is 2. The van der Waals surface area contributed by atoms with E-state index in [1.54, 1.807) is 0 Å². The van der Waals surface area contributed by atoms with Gasteiger partial charge in [0.25, 0.3) is 0 Å². The third kappa shape index (κ3) is 12.1. The highest BCUT2D eigenvalue weighted by Gasteiger charge is 2.40. The first kappa shape index (κ1) is 30.1. The molecule has 35 heavy (non-hydrogen) atoms. The summed E-state index contributed by atoms with van der Waals surface area (Å²) in [6.07, 6.45) is 19.5. The maximum atomic E-state index is 12.4. The minimum absolute atomic E-state index is 0.0766. The third-order valence-corrected chi connectivity index (χ3v) is 8.07. The highest BCUT2D eigenvalue weighted by molar-refractivity contribution is 5.72. The minimum atomic E-state index is -1.01. The maximum absolute atomic E-state index is 12.4. The van der Waals surface area contributed by atoms with Crippen molar-refractivity contribution >= 4 is 11.9 Å². The van der Waals surface area contributed by atoms with Crippen LogP contribution in [0.3, 0.4) is 0 Å². The van der Waals surface area contributed by atoms with E-state index in [9.17, 15) is 19.8 Å². The molecule has 0 radical (unpaired) electrons. The molecule has 4 unspecified atom stereocenters. The van der Waals surface area contributed by atoms with Crippen molar-refractivity contribution in [1.29, 1.82) is 0 Å². The van der Waals surface area contributed by atoms with E-state index in [-0.39, 0.29) is 6.42 Å². The van der Waals surface area contributed by atoms with Crippen LogP contribution in [0.5, 0.6) is 0 Å². The second-order valence-corrected chi connectivity index (χ2v) is 11.1. The van der Waals surface area contributed by atoms with E-state index in [0.29, 0.717) is 50.1 Å². The van der Waals surface area contributed by atoms with Gasteiger partial charge in [0.05, 0.1) is 24.4 Å². The Labute approximate surface area is 213 Å². The SMILES string of the molecule is CCCCCC1OC1CCCC(CCCCCCC(=O)[O-])(CCCC1OC1CCCCC)C(=O)[O-]. The number of rotatable bonds is 24. The number of carboxylic acids is 2. The molecule has 0 bridgehead atoms. The van der Waals surface area contributed by atoms with Crippen molar-refractivity contribution in [2.75, 3.05) is 0 Å². The predicted molar refractivity (Wildman–Crippen MR) is 133 cm³/mol. The number of aliphatic carboxylic acids is 2. The van der Waals surface area contributed by atoms with E-state index in [1.807, 2.05) is 0 Å². The Hall–Kier alpha value is -1.14. The molecule has 0 amide bonds. The van der Waals surface area contributed by atoms with Crippen LogP contribution in [-0.2, 0) is 19.1 Å². The number of unbranched alkanes of at least 4 members (excludes halogenated alkanes) is 7. The van der Waals surface area contributed by atoms with Gasteiger partial charge in [0, 0.05) is 17.4 Å². The van der Waals surface area contributed by atoms with Gasteiger partial charge in [0.1, 0.15) is 0 Å². The summed E-state index contributed by atoms with van der Waals surface area (Å²) in [6.45, 7) is 4.41. The zero-order valence-corrected chi connectivity index (χ0v) is 22.4. The first-order chi connectivity index (χ1) is 16.9. The standard InChI is InChI=1S/C29H52O6/c1-3-5-9-15-23-25(34-23)17-13-21-29(28(32)33,20-12-8-7-11-19-27(30)31)22-14-18-26-24(35-26)16-10-6-4-2/h23-26H,3-22H2,1-2H3,(H,30,31)(H,32,33)/p-2. The summed E-state index contributed by atoms with van der Waals surface area (Å²) in [5.74, 6) is -1.93. The zero-order valence-electron chi connectivity index (χ0n) is 22.4. The monoisotopic (exact) mass is 494 g/mol. The number of ether oxygens (including phenoxy) is 2. The Balaban J connectivity index is 1.77. The largest absolute Gasteiger partial charge is 0.550 e. The van der Waals surface area contributed by atoms with Gasteiger partial charge in [0.2, 0.25) is 0 Å². The number of hydrogen-bond donors (Lipinski definition) is 0. The molecule has 2 aliphatic heterocycles. The van der Waals surface area contributed by atoms with Crippen LogP contribution in [0.25, 0.3) is 0 Å². The van der Waals surface area contributed by atoms with Crippen LogP contribution in [0.4, 0.5) is 0 Å². The van der Waals surface area contributed by atoms with Gasteiger partial charge < -0.3 is 29.3 Å². The van der Waals surface area contributed by atoms with E-state index < -0.39 is 17.4 Å². The highest BCUT2D eigenvalue weighted by atomic mass is 16.6. The van der Waals surface area contributed by atoms with Crippen LogP contribution in [0.15, 0.2) is 0 Å². The Kier molecular flexibility index (Phi) is 14.2. The van der Waals surface area contributed by atoms with Crippen molar-refractivity contribution in [2.24, 2.45) is 5.41 Å². The number of carbonyl (C=O) groups excluding carboxylic acids is 2. The molecule has 2 rings (SSSR count). The van der Waals surface area contributed by atoms with Crippen LogP contribution < -0.4 is 10.2 Å². The smallest absolute Gasteiger partial charge is 0.0841 e. The van der Waals surface area contributed by atoms with Crippen molar-refractivity contribution in [2.45, 2.75) is 167 Å². The second kappa shape index (κ2) is 16.6. The maximum Gasteiger partial charge on any atom is 0.0841 e. The predicted octanol–water partition coefficient (Wildman–Crippen LogP) is 4.85. The topological polar surface area (TPSA) is 105 Å². The molecule has 6 heteroatoms. The van der Waals surface area contributed by atoms with Crippen molar-refractivity contribution in [3.05, 3.63) is 0 Å². The fraction of sp³-hybridized carbons (Fsp3) is 0.931. The van der Waals surface area contributed by atoms with Gasteiger partial charge in [-0.25, -0.2) is 0 Å². The fourth-order valence-electron chi connectivity index (χ4n) is 5.62. The summed E-state index contributed by atoms with van der Waals surface area (Å²) in [5, 5.41) is 23.0. The summed E-state index contributed by atoms with van der Waals surface area (Å²) in [6, 6.07) is 0. The number of hydrogen-bond acceptors (Lipinski definition) is 6. The van der Waals surface area contributed by atoms with Gasteiger partial charge in [-0.15, -0.1) is 0 Å². The van der Waals surface area contributed by atoms with E-state index >= 15 is 0 Å². The molecule has 2 fully saturated rings. The summed E-state index contributed by atoms with van der Waals surface area (Å²) in [7, 11) is 0. The van der Waals surface area contributed by atoms with Crippen molar-refractivity contribution in [1.82, 2.24) is 0 Å². The molecular formula is C29H50O6-2. The first-order valence-electron chi connectivity index (χ1n) is 14.6. The Bertz CT molecular complexity index is 576. The van der Waals surface area contributed by atoms with Crippen molar-refractivity contribution in [3.8, 4) is 0 Å². The van der Waals surface area contributed by atoms with Gasteiger partial charge in [-0.2, -0.15) is 0 Å². The average molecular weight is 495 g/mol. The lowest BCUT2D eigenvalue weighted by Crippen LogP contribution is -2.42. The van der Waals surface area contributed by atoms with Crippen LogP contribution in [0.2, 0.25) is 0 Å². The molecule has 6 nitrogen and oxygen atoms in total. The van der Waals surface area contributed by atoms with Gasteiger partial charge in [0.15, 0.2) is 0 Å². The Morgan fingerprint density at radius 2 is 1.03 bits per heavy atom. The molecule has 2 aliphatic rings. The highest BCUT2D eigenvalue weighted by Crippen LogP contribution is 2.40. The van der Waals surface area contributed by atoms with Crippen LogP contribution >= 0.6 is 0 Å². The average Bonchev–Trinajstić information content (AvgIpc) is 3.73. The van der Waals surface area contributed by atoms with E-state index in [0.717, 1.165) is 57.8 Å². The molecule has 204 valence electrons. The molecular weight excluding hydrogens is 444 g/mol. The Morgan fingerprint density at radius 3 is 1.46 bits per heavy atom. The van der Waals surface area contributed by atoms with Crippen LogP contribution in [0, 0.1) is 5.41 Å². The van der Waals surface area contributed by atoms with E-state index in [4.69, 9.17) is 9.47 Å². The number of epoxide rings is 2. The van der Waals surface area contributed by atoms with Gasteiger partial charge in [-0.3, -0.25) is 0 Å². The lowest BCUT2D eigenvalue weighted by molar-refractivity contribution is -0.321. The Morgan fingerprint density at radius 1 is 0.600 bits per heavy atom. The number of carbonyl (C=O) groups is 2. The van der Waals surface area contributed by atoms with Gasteiger partial charge in [-0.05, 0) is 70.6 Å².